The van der Waals surface area contributed by atoms with Crippen LogP contribution in [0.25, 0.3) is 12.2 Å². The van der Waals surface area contributed by atoms with Crippen molar-refractivity contribution in [2.75, 3.05) is 0 Å². The minimum atomic E-state index is 0.0382. The van der Waals surface area contributed by atoms with Gasteiger partial charge in [-0.3, -0.25) is 0 Å². The molecule has 0 aliphatic carbocycles. The van der Waals surface area contributed by atoms with Gasteiger partial charge in [-0.1, -0.05) is 42.5 Å². The van der Waals surface area contributed by atoms with Crippen LogP contribution >= 0.6 is 0 Å². The van der Waals surface area contributed by atoms with Crippen molar-refractivity contribution in [3.8, 4) is 23.0 Å². The van der Waals surface area contributed by atoms with E-state index in [1.54, 1.807) is 12.1 Å². The van der Waals surface area contributed by atoms with Gasteiger partial charge < -0.3 is 14.9 Å². The molecule has 0 heterocycles. The van der Waals surface area contributed by atoms with Crippen molar-refractivity contribution in [3.05, 3.63) is 83.9 Å². The zero-order valence-corrected chi connectivity index (χ0v) is 12.4. The third kappa shape index (κ3) is 4.14. The molecule has 0 aliphatic rings. The van der Waals surface area contributed by atoms with Gasteiger partial charge in [0.25, 0.3) is 0 Å². The number of para-hydroxylation sites is 1. The van der Waals surface area contributed by atoms with Crippen LogP contribution < -0.4 is 4.74 Å². The highest BCUT2D eigenvalue weighted by atomic mass is 16.5. The lowest BCUT2D eigenvalue weighted by molar-refractivity contribution is 0.450. The first-order chi connectivity index (χ1) is 11.2. The van der Waals surface area contributed by atoms with E-state index in [4.69, 9.17) is 4.74 Å². The molecule has 0 bridgehead atoms. The molecule has 0 saturated heterocycles. The SMILES string of the molecule is Oc1cc(O)cc(C=Cc2ccc(Oc3ccccc3)cc2)c1. The van der Waals surface area contributed by atoms with Crippen LogP contribution in [0.4, 0.5) is 0 Å². The topological polar surface area (TPSA) is 49.7 Å². The molecule has 23 heavy (non-hydrogen) atoms. The summed E-state index contributed by atoms with van der Waals surface area (Å²) in [7, 11) is 0. The van der Waals surface area contributed by atoms with E-state index in [1.165, 1.54) is 6.07 Å². The Morgan fingerprint density at radius 1 is 0.609 bits per heavy atom. The van der Waals surface area contributed by atoms with Gasteiger partial charge in [0, 0.05) is 6.07 Å². The lowest BCUT2D eigenvalue weighted by Crippen LogP contribution is -1.83. The molecule has 0 saturated carbocycles. The van der Waals surface area contributed by atoms with Gasteiger partial charge in [0.15, 0.2) is 0 Å². The van der Waals surface area contributed by atoms with Crippen LogP contribution in [0.2, 0.25) is 0 Å². The molecule has 3 heteroatoms. The molecular formula is C20H16O3. The van der Waals surface area contributed by atoms with Gasteiger partial charge in [-0.05, 0) is 47.5 Å². The summed E-state index contributed by atoms with van der Waals surface area (Å²) in [6.07, 6.45) is 3.73. The highest BCUT2D eigenvalue weighted by molar-refractivity contribution is 5.71. The first-order valence-electron chi connectivity index (χ1n) is 7.23. The molecule has 0 amide bonds. The number of phenols is 2. The molecule has 3 rings (SSSR count). The minimum absolute atomic E-state index is 0.0382. The maximum atomic E-state index is 9.46. The Hall–Kier alpha value is -3.20. The summed E-state index contributed by atoms with van der Waals surface area (Å²) in [6, 6.07) is 21.8. The van der Waals surface area contributed by atoms with Crippen LogP contribution in [-0.2, 0) is 0 Å². The van der Waals surface area contributed by atoms with Gasteiger partial charge in [-0.2, -0.15) is 0 Å². The van der Waals surface area contributed by atoms with E-state index < -0.39 is 0 Å². The van der Waals surface area contributed by atoms with Gasteiger partial charge in [-0.25, -0.2) is 0 Å². The van der Waals surface area contributed by atoms with Gasteiger partial charge >= 0.3 is 0 Å². The average Bonchev–Trinajstić information content (AvgIpc) is 2.54. The van der Waals surface area contributed by atoms with Crippen molar-refractivity contribution in [1.29, 1.82) is 0 Å². The van der Waals surface area contributed by atoms with Crippen LogP contribution in [0.5, 0.6) is 23.0 Å². The number of ether oxygens (including phenoxy) is 1. The molecule has 0 aliphatic heterocycles. The average molecular weight is 304 g/mol. The number of rotatable bonds is 4. The zero-order valence-electron chi connectivity index (χ0n) is 12.4. The molecule has 3 aromatic rings. The lowest BCUT2D eigenvalue weighted by Gasteiger charge is -2.05. The van der Waals surface area contributed by atoms with Gasteiger partial charge in [-0.15, -0.1) is 0 Å². The Kier molecular flexibility index (Phi) is 4.29. The molecule has 0 spiro atoms. The van der Waals surface area contributed by atoms with Gasteiger partial charge in [0.2, 0.25) is 0 Å². The molecule has 3 aromatic carbocycles. The summed E-state index contributed by atoms with van der Waals surface area (Å²) < 4.78 is 5.74. The Balaban J connectivity index is 1.71. The number of hydrogen-bond acceptors (Lipinski definition) is 3. The predicted octanol–water partition coefficient (Wildman–Crippen LogP) is 5.06. The summed E-state index contributed by atoms with van der Waals surface area (Å²) in [4.78, 5) is 0. The highest BCUT2D eigenvalue weighted by Gasteiger charge is 1.98. The van der Waals surface area contributed by atoms with Crippen molar-refractivity contribution >= 4 is 12.2 Å². The number of benzene rings is 3. The number of hydrogen-bond donors (Lipinski definition) is 2. The van der Waals surface area contributed by atoms with Crippen LogP contribution in [0.15, 0.2) is 72.8 Å². The molecule has 0 fully saturated rings. The Morgan fingerprint density at radius 3 is 1.83 bits per heavy atom. The smallest absolute Gasteiger partial charge is 0.127 e. The summed E-state index contributed by atoms with van der Waals surface area (Å²) in [5, 5.41) is 18.9. The van der Waals surface area contributed by atoms with Crippen molar-refractivity contribution in [3.63, 3.8) is 0 Å². The van der Waals surface area contributed by atoms with E-state index in [2.05, 4.69) is 0 Å². The quantitative estimate of drug-likeness (QED) is 0.662. The molecule has 3 nitrogen and oxygen atoms in total. The minimum Gasteiger partial charge on any atom is -0.508 e. The van der Waals surface area contributed by atoms with E-state index >= 15 is 0 Å². The molecule has 114 valence electrons. The summed E-state index contributed by atoms with van der Waals surface area (Å²) >= 11 is 0. The van der Waals surface area contributed by atoms with Crippen molar-refractivity contribution in [1.82, 2.24) is 0 Å². The van der Waals surface area contributed by atoms with E-state index in [-0.39, 0.29) is 11.5 Å². The number of aromatic hydroxyl groups is 2. The third-order valence-corrected chi connectivity index (χ3v) is 3.25. The van der Waals surface area contributed by atoms with E-state index in [1.807, 2.05) is 66.7 Å². The van der Waals surface area contributed by atoms with Gasteiger partial charge in [0.05, 0.1) is 0 Å². The Morgan fingerprint density at radius 2 is 1.17 bits per heavy atom. The maximum Gasteiger partial charge on any atom is 0.127 e. The van der Waals surface area contributed by atoms with Crippen LogP contribution in [0.3, 0.4) is 0 Å². The standard InChI is InChI=1S/C20H16O3/c21-17-12-16(13-18(22)14-17)7-6-15-8-10-20(11-9-15)23-19-4-2-1-3-5-19/h1-14,21-22H. The van der Waals surface area contributed by atoms with Crippen molar-refractivity contribution < 1.29 is 14.9 Å². The Bertz CT molecular complexity index is 786. The summed E-state index contributed by atoms with van der Waals surface area (Å²) in [5.74, 6) is 1.64. The third-order valence-electron chi connectivity index (χ3n) is 3.25. The fraction of sp³-hybridized carbons (Fsp3) is 0. The van der Waals surface area contributed by atoms with E-state index in [0.717, 1.165) is 22.6 Å². The normalized spacial score (nSPS) is 10.8. The van der Waals surface area contributed by atoms with Crippen LogP contribution in [-0.4, -0.2) is 10.2 Å². The van der Waals surface area contributed by atoms with Crippen molar-refractivity contribution in [2.45, 2.75) is 0 Å². The summed E-state index contributed by atoms with van der Waals surface area (Å²) in [5.41, 5.74) is 1.72. The van der Waals surface area contributed by atoms with E-state index in [0.29, 0.717) is 0 Å². The predicted molar refractivity (Wildman–Crippen MR) is 91.7 cm³/mol. The zero-order chi connectivity index (χ0) is 16.1. The molecule has 0 radical (unpaired) electrons. The monoisotopic (exact) mass is 304 g/mol. The van der Waals surface area contributed by atoms with Crippen LogP contribution in [0, 0.1) is 0 Å². The molecular weight excluding hydrogens is 288 g/mol. The molecule has 0 aromatic heterocycles. The fourth-order valence-electron chi connectivity index (χ4n) is 2.18. The second-order valence-electron chi connectivity index (χ2n) is 5.10. The summed E-state index contributed by atoms with van der Waals surface area (Å²) in [6.45, 7) is 0. The van der Waals surface area contributed by atoms with E-state index in [9.17, 15) is 10.2 Å². The maximum absolute atomic E-state index is 9.46. The first-order valence-corrected chi connectivity index (χ1v) is 7.23. The van der Waals surface area contributed by atoms with Crippen LogP contribution in [0.1, 0.15) is 11.1 Å². The largest absolute Gasteiger partial charge is 0.508 e. The number of phenolic OH excluding ortho intramolecular Hbond substituents is 2. The lowest BCUT2D eigenvalue weighted by atomic mass is 10.1. The van der Waals surface area contributed by atoms with Crippen molar-refractivity contribution in [2.24, 2.45) is 0 Å². The second-order valence-corrected chi connectivity index (χ2v) is 5.10. The second kappa shape index (κ2) is 6.71. The Labute approximate surface area is 134 Å². The highest BCUT2D eigenvalue weighted by Crippen LogP contribution is 2.23. The first kappa shape index (κ1) is 14.7. The molecule has 0 atom stereocenters. The molecule has 2 N–H and O–H groups in total. The molecule has 0 unspecified atom stereocenters. The van der Waals surface area contributed by atoms with Gasteiger partial charge in [0.1, 0.15) is 23.0 Å². The fourth-order valence-corrected chi connectivity index (χ4v) is 2.18.